The SMILES string of the molecule is CC(C)N(C[C@H]1CN(Cc2cccn2C)C[C@@H]1c1cccc(C(F)(F)F)c1)C(=O)c1ccc(F)cc1. The minimum atomic E-state index is -4.42. The van der Waals surface area contributed by atoms with Crippen LogP contribution in [0.4, 0.5) is 17.6 Å². The molecule has 2 heterocycles. The Balaban J connectivity index is 1.63. The van der Waals surface area contributed by atoms with E-state index in [0.29, 0.717) is 37.3 Å². The van der Waals surface area contributed by atoms with E-state index in [1.807, 2.05) is 43.8 Å². The van der Waals surface area contributed by atoms with Crippen LogP contribution in [0, 0.1) is 11.7 Å². The topological polar surface area (TPSA) is 28.5 Å². The maximum Gasteiger partial charge on any atom is 0.416 e. The van der Waals surface area contributed by atoms with Crippen LogP contribution < -0.4 is 0 Å². The van der Waals surface area contributed by atoms with Gasteiger partial charge >= 0.3 is 6.18 Å². The number of rotatable bonds is 7. The molecule has 4 rings (SSSR count). The van der Waals surface area contributed by atoms with E-state index in [0.717, 1.165) is 11.8 Å². The van der Waals surface area contributed by atoms with Crippen LogP contribution in [0.5, 0.6) is 0 Å². The number of hydrogen-bond acceptors (Lipinski definition) is 2. The molecule has 3 aromatic rings. The first-order valence-corrected chi connectivity index (χ1v) is 12.1. The second kappa shape index (κ2) is 10.5. The number of aryl methyl sites for hydroxylation is 1. The van der Waals surface area contributed by atoms with E-state index >= 15 is 0 Å². The highest BCUT2D eigenvalue weighted by Crippen LogP contribution is 2.37. The second-order valence-corrected chi connectivity index (χ2v) is 9.85. The first-order valence-electron chi connectivity index (χ1n) is 12.1. The van der Waals surface area contributed by atoms with Crippen LogP contribution in [0.3, 0.4) is 0 Å². The summed E-state index contributed by atoms with van der Waals surface area (Å²) in [7, 11) is 1.97. The van der Waals surface area contributed by atoms with Crippen LogP contribution >= 0.6 is 0 Å². The Hall–Kier alpha value is -3.13. The van der Waals surface area contributed by atoms with Gasteiger partial charge in [-0.3, -0.25) is 9.69 Å². The number of nitrogens with zero attached hydrogens (tertiary/aromatic N) is 3. The highest BCUT2D eigenvalue weighted by Gasteiger charge is 2.38. The van der Waals surface area contributed by atoms with Crippen LogP contribution in [-0.4, -0.2) is 46.0 Å². The molecule has 0 bridgehead atoms. The molecule has 0 aliphatic carbocycles. The summed E-state index contributed by atoms with van der Waals surface area (Å²) in [5.41, 5.74) is 1.46. The molecule has 1 aliphatic rings. The van der Waals surface area contributed by atoms with E-state index in [1.54, 1.807) is 11.0 Å². The quantitative estimate of drug-likeness (QED) is 0.375. The molecular formula is C28H31F4N3O. The minimum absolute atomic E-state index is 0.0689. The standard InChI is InChI=1S/C28H31F4N3O/c1-19(2)35(27(36)20-9-11-24(29)12-10-20)16-22-15-34(17-25-8-5-13-33(25)3)18-26(22)21-6-4-7-23(14-21)28(30,31)32/h4-14,19,22,26H,15-18H2,1-3H3/t22-,26-/m1/s1. The van der Waals surface area contributed by atoms with Crippen molar-refractivity contribution in [2.75, 3.05) is 19.6 Å². The predicted octanol–water partition coefficient (Wildman–Crippen LogP) is 5.95. The highest BCUT2D eigenvalue weighted by atomic mass is 19.4. The third-order valence-corrected chi connectivity index (χ3v) is 7.00. The van der Waals surface area contributed by atoms with Gasteiger partial charge in [0.1, 0.15) is 5.82 Å². The number of alkyl halides is 3. The number of carbonyl (C=O) groups is 1. The fraction of sp³-hybridized carbons (Fsp3) is 0.393. The van der Waals surface area contributed by atoms with Gasteiger partial charge < -0.3 is 9.47 Å². The van der Waals surface area contributed by atoms with Crippen molar-refractivity contribution in [1.29, 1.82) is 0 Å². The average molecular weight is 502 g/mol. The summed E-state index contributed by atoms with van der Waals surface area (Å²) in [5, 5.41) is 0. The normalized spacial score (nSPS) is 18.7. The Morgan fingerprint density at radius 1 is 1.06 bits per heavy atom. The van der Waals surface area contributed by atoms with Gasteiger partial charge in [-0.15, -0.1) is 0 Å². The lowest BCUT2D eigenvalue weighted by Gasteiger charge is -2.32. The van der Waals surface area contributed by atoms with Gasteiger partial charge in [0.25, 0.3) is 5.91 Å². The molecule has 192 valence electrons. The Morgan fingerprint density at radius 3 is 2.39 bits per heavy atom. The summed E-state index contributed by atoms with van der Waals surface area (Å²) in [5.74, 6) is -0.872. The van der Waals surface area contributed by atoms with Gasteiger partial charge in [0, 0.05) is 62.6 Å². The average Bonchev–Trinajstić information content (AvgIpc) is 3.42. The van der Waals surface area contributed by atoms with E-state index in [4.69, 9.17) is 0 Å². The molecular weight excluding hydrogens is 470 g/mol. The summed E-state index contributed by atoms with van der Waals surface area (Å²) >= 11 is 0. The molecule has 1 aromatic heterocycles. The molecule has 8 heteroatoms. The van der Waals surface area contributed by atoms with Crippen molar-refractivity contribution in [1.82, 2.24) is 14.4 Å². The molecule has 1 saturated heterocycles. The number of amides is 1. The van der Waals surface area contributed by atoms with Gasteiger partial charge in [-0.1, -0.05) is 18.2 Å². The third kappa shape index (κ3) is 5.81. The number of likely N-dealkylation sites (tertiary alicyclic amines) is 1. The zero-order chi connectivity index (χ0) is 26.0. The Labute approximate surface area is 209 Å². The van der Waals surface area contributed by atoms with Crippen molar-refractivity contribution in [2.24, 2.45) is 13.0 Å². The van der Waals surface area contributed by atoms with Gasteiger partial charge in [0.05, 0.1) is 5.56 Å². The number of halogens is 4. The molecule has 1 aliphatic heterocycles. The molecule has 36 heavy (non-hydrogen) atoms. The van der Waals surface area contributed by atoms with Crippen LogP contribution in [-0.2, 0) is 19.8 Å². The van der Waals surface area contributed by atoms with Crippen molar-refractivity contribution in [3.05, 3.63) is 95.1 Å². The molecule has 4 nitrogen and oxygen atoms in total. The summed E-state index contributed by atoms with van der Waals surface area (Å²) in [6.45, 7) is 6.12. The lowest BCUT2D eigenvalue weighted by molar-refractivity contribution is -0.137. The fourth-order valence-corrected chi connectivity index (χ4v) is 5.03. The molecule has 0 saturated carbocycles. The Kier molecular flexibility index (Phi) is 7.54. The van der Waals surface area contributed by atoms with E-state index in [1.165, 1.54) is 36.4 Å². The maximum atomic E-state index is 13.5. The lowest BCUT2D eigenvalue weighted by atomic mass is 9.87. The molecule has 2 aromatic carbocycles. The zero-order valence-corrected chi connectivity index (χ0v) is 20.7. The number of hydrogen-bond donors (Lipinski definition) is 0. The van der Waals surface area contributed by atoms with Crippen LogP contribution in [0.25, 0.3) is 0 Å². The van der Waals surface area contributed by atoms with E-state index in [-0.39, 0.29) is 23.8 Å². The molecule has 0 unspecified atom stereocenters. The molecule has 1 amide bonds. The van der Waals surface area contributed by atoms with Gasteiger partial charge in [-0.25, -0.2) is 4.39 Å². The molecule has 1 fully saturated rings. The van der Waals surface area contributed by atoms with Crippen molar-refractivity contribution < 1.29 is 22.4 Å². The Morgan fingerprint density at radius 2 is 1.78 bits per heavy atom. The van der Waals surface area contributed by atoms with Gasteiger partial charge in [-0.05, 0) is 67.8 Å². The zero-order valence-electron chi connectivity index (χ0n) is 20.7. The fourth-order valence-electron chi connectivity index (χ4n) is 5.03. The lowest BCUT2D eigenvalue weighted by Crippen LogP contribution is -2.42. The summed E-state index contributed by atoms with van der Waals surface area (Å²) < 4.78 is 55.9. The van der Waals surface area contributed by atoms with E-state index in [9.17, 15) is 22.4 Å². The molecule has 0 spiro atoms. The van der Waals surface area contributed by atoms with Gasteiger partial charge in [0.15, 0.2) is 0 Å². The second-order valence-electron chi connectivity index (χ2n) is 9.85. The van der Waals surface area contributed by atoms with Crippen LogP contribution in [0.2, 0.25) is 0 Å². The van der Waals surface area contributed by atoms with E-state index < -0.39 is 17.6 Å². The summed E-state index contributed by atoms with van der Waals surface area (Å²) in [6.07, 6.45) is -2.45. The van der Waals surface area contributed by atoms with Crippen molar-refractivity contribution >= 4 is 5.91 Å². The Bertz CT molecular complexity index is 1190. The first-order chi connectivity index (χ1) is 17.0. The number of carbonyl (C=O) groups excluding carboxylic acids is 1. The molecule has 2 atom stereocenters. The summed E-state index contributed by atoms with van der Waals surface area (Å²) in [4.78, 5) is 17.3. The highest BCUT2D eigenvalue weighted by molar-refractivity contribution is 5.94. The van der Waals surface area contributed by atoms with E-state index in [2.05, 4.69) is 4.90 Å². The van der Waals surface area contributed by atoms with Gasteiger partial charge in [-0.2, -0.15) is 13.2 Å². The third-order valence-electron chi connectivity index (χ3n) is 7.00. The van der Waals surface area contributed by atoms with Crippen LogP contribution in [0.15, 0.2) is 66.9 Å². The number of aromatic nitrogens is 1. The van der Waals surface area contributed by atoms with Gasteiger partial charge in [0.2, 0.25) is 0 Å². The molecule has 0 radical (unpaired) electrons. The summed E-state index contributed by atoms with van der Waals surface area (Å²) in [6, 6.07) is 14.9. The first kappa shape index (κ1) is 25.9. The van der Waals surface area contributed by atoms with Crippen molar-refractivity contribution in [2.45, 2.75) is 38.5 Å². The minimum Gasteiger partial charge on any atom is -0.353 e. The number of benzene rings is 2. The van der Waals surface area contributed by atoms with Crippen LogP contribution in [0.1, 0.15) is 46.9 Å². The van der Waals surface area contributed by atoms with Crippen molar-refractivity contribution in [3.8, 4) is 0 Å². The van der Waals surface area contributed by atoms with Crippen molar-refractivity contribution in [3.63, 3.8) is 0 Å². The largest absolute Gasteiger partial charge is 0.416 e. The predicted molar refractivity (Wildman–Crippen MR) is 131 cm³/mol. The monoisotopic (exact) mass is 501 g/mol. The maximum absolute atomic E-state index is 13.5. The molecule has 0 N–H and O–H groups in total. The smallest absolute Gasteiger partial charge is 0.353 e.